The van der Waals surface area contributed by atoms with E-state index in [4.69, 9.17) is 5.11 Å². The number of hydrogen-bond donors (Lipinski definition) is 2. The minimum Gasteiger partial charge on any atom is -0.481 e. The first-order valence-electron chi connectivity index (χ1n) is 7.23. The fourth-order valence-electron chi connectivity index (χ4n) is 2.73. The molecular weight excluding hydrogens is 268 g/mol. The van der Waals surface area contributed by atoms with Gasteiger partial charge in [0.05, 0.1) is 5.92 Å². The molecule has 5 nitrogen and oxygen atoms in total. The number of rotatable bonds is 5. The number of nitrogens with zero attached hydrogens (tertiary/aromatic N) is 1. The molecule has 0 bridgehead atoms. The number of carbonyl (C=O) groups excluding carboxylic acids is 1. The van der Waals surface area contributed by atoms with Crippen molar-refractivity contribution in [2.45, 2.75) is 31.8 Å². The number of carbonyl (C=O) groups is 2. The highest BCUT2D eigenvalue weighted by Crippen LogP contribution is 2.25. The van der Waals surface area contributed by atoms with Gasteiger partial charge in [-0.05, 0) is 51.1 Å². The van der Waals surface area contributed by atoms with E-state index in [0.717, 1.165) is 18.5 Å². The third-order valence-corrected chi connectivity index (χ3v) is 3.83. The number of carboxylic acid groups (broad SMARTS) is 1. The first kappa shape index (κ1) is 15.5. The molecule has 5 heteroatoms. The molecule has 1 aliphatic rings. The Morgan fingerprint density at radius 3 is 2.43 bits per heavy atom. The highest BCUT2D eigenvalue weighted by molar-refractivity contribution is 5.94. The smallest absolute Gasteiger partial charge is 0.306 e. The molecule has 0 saturated heterocycles. The number of hydrogen-bond acceptors (Lipinski definition) is 3. The van der Waals surface area contributed by atoms with Crippen LogP contribution in [-0.4, -0.2) is 42.0 Å². The largest absolute Gasteiger partial charge is 0.481 e. The van der Waals surface area contributed by atoms with Gasteiger partial charge in [0.2, 0.25) is 0 Å². The molecule has 0 aliphatic heterocycles. The molecule has 2 rings (SSSR count). The molecule has 0 unspecified atom stereocenters. The highest BCUT2D eigenvalue weighted by Gasteiger charge is 2.30. The number of aliphatic carboxylic acids is 1. The normalized spacial score (nSPS) is 21.5. The Morgan fingerprint density at radius 2 is 1.90 bits per heavy atom. The molecule has 0 spiro atoms. The van der Waals surface area contributed by atoms with E-state index in [1.54, 1.807) is 0 Å². The average molecular weight is 290 g/mol. The summed E-state index contributed by atoms with van der Waals surface area (Å²) in [5.74, 6) is -1.21. The summed E-state index contributed by atoms with van der Waals surface area (Å²) in [5, 5.41) is 11.9. The first-order valence-corrected chi connectivity index (χ1v) is 7.23. The van der Waals surface area contributed by atoms with Crippen LogP contribution in [0.4, 0.5) is 0 Å². The van der Waals surface area contributed by atoms with Crippen molar-refractivity contribution in [2.24, 2.45) is 5.92 Å². The summed E-state index contributed by atoms with van der Waals surface area (Å²) in [6, 6.07) is 7.50. The van der Waals surface area contributed by atoms with Crippen LogP contribution in [0.3, 0.4) is 0 Å². The lowest BCUT2D eigenvalue weighted by molar-refractivity contribution is -0.141. The maximum absolute atomic E-state index is 12.1. The lowest BCUT2D eigenvalue weighted by atomic mass is 10.1. The van der Waals surface area contributed by atoms with Crippen molar-refractivity contribution in [3.63, 3.8) is 0 Å². The average Bonchev–Trinajstić information content (AvgIpc) is 2.87. The number of nitrogens with one attached hydrogen (secondary N) is 1. The highest BCUT2D eigenvalue weighted by atomic mass is 16.4. The maximum atomic E-state index is 12.1. The van der Waals surface area contributed by atoms with Gasteiger partial charge in [-0.2, -0.15) is 0 Å². The van der Waals surface area contributed by atoms with Crippen LogP contribution in [0.2, 0.25) is 0 Å². The fourth-order valence-corrected chi connectivity index (χ4v) is 2.73. The molecule has 0 radical (unpaired) electrons. The Labute approximate surface area is 125 Å². The Bertz CT molecular complexity index is 511. The van der Waals surface area contributed by atoms with E-state index in [0.29, 0.717) is 18.4 Å². The summed E-state index contributed by atoms with van der Waals surface area (Å²) in [5.41, 5.74) is 1.78. The van der Waals surface area contributed by atoms with Gasteiger partial charge in [0.1, 0.15) is 0 Å². The predicted molar refractivity (Wildman–Crippen MR) is 80.1 cm³/mol. The Balaban J connectivity index is 1.90. The van der Waals surface area contributed by atoms with Crippen LogP contribution < -0.4 is 5.32 Å². The Kier molecular flexibility index (Phi) is 4.96. The van der Waals surface area contributed by atoms with Crippen LogP contribution in [-0.2, 0) is 11.3 Å². The standard InChI is InChI=1S/C16H22N2O3/c1-18(2)10-11-3-5-12(6-4-11)15(19)17-14-8-7-13(9-14)16(20)21/h3-6,13-14H,7-10H2,1-2H3,(H,17,19)(H,20,21)/t13-,14+/m1/s1. The Morgan fingerprint density at radius 1 is 1.24 bits per heavy atom. The zero-order valence-electron chi connectivity index (χ0n) is 12.5. The lowest BCUT2D eigenvalue weighted by Crippen LogP contribution is -2.33. The summed E-state index contributed by atoms with van der Waals surface area (Å²) >= 11 is 0. The van der Waals surface area contributed by atoms with Crippen LogP contribution in [0.15, 0.2) is 24.3 Å². The SMILES string of the molecule is CN(C)Cc1ccc(C(=O)N[C@H]2CC[C@@H](C(=O)O)C2)cc1. The lowest BCUT2D eigenvalue weighted by Gasteiger charge is -2.13. The van der Waals surface area contributed by atoms with E-state index in [9.17, 15) is 9.59 Å². The van der Waals surface area contributed by atoms with E-state index in [2.05, 4.69) is 10.2 Å². The van der Waals surface area contributed by atoms with Crippen molar-refractivity contribution >= 4 is 11.9 Å². The molecule has 1 amide bonds. The second kappa shape index (κ2) is 6.72. The quantitative estimate of drug-likeness (QED) is 0.866. The first-order chi connectivity index (χ1) is 9.95. The molecule has 0 aromatic heterocycles. The minimum absolute atomic E-state index is 0.0277. The van der Waals surface area contributed by atoms with Gasteiger partial charge >= 0.3 is 5.97 Å². The van der Waals surface area contributed by atoms with Crippen LogP contribution in [0.25, 0.3) is 0 Å². The molecule has 1 aromatic rings. The zero-order valence-corrected chi connectivity index (χ0v) is 12.5. The van der Waals surface area contributed by atoms with Gasteiger partial charge in [0.15, 0.2) is 0 Å². The number of benzene rings is 1. The van der Waals surface area contributed by atoms with Gasteiger partial charge in [0.25, 0.3) is 5.91 Å². The van der Waals surface area contributed by atoms with E-state index in [1.165, 1.54) is 0 Å². The van der Waals surface area contributed by atoms with Crippen molar-refractivity contribution in [2.75, 3.05) is 14.1 Å². The van der Waals surface area contributed by atoms with Gasteiger partial charge in [-0.3, -0.25) is 9.59 Å². The fraction of sp³-hybridized carbons (Fsp3) is 0.500. The van der Waals surface area contributed by atoms with Gasteiger partial charge in [-0.1, -0.05) is 12.1 Å². The van der Waals surface area contributed by atoms with Crippen molar-refractivity contribution in [1.82, 2.24) is 10.2 Å². The molecule has 114 valence electrons. The van der Waals surface area contributed by atoms with Crippen LogP contribution in [0, 0.1) is 5.92 Å². The van der Waals surface area contributed by atoms with E-state index < -0.39 is 5.97 Å². The van der Waals surface area contributed by atoms with Crippen molar-refractivity contribution in [1.29, 1.82) is 0 Å². The van der Waals surface area contributed by atoms with Crippen LogP contribution in [0.5, 0.6) is 0 Å². The molecule has 21 heavy (non-hydrogen) atoms. The predicted octanol–water partition coefficient (Wildman–Crippen LogP) is 1.73. The summed E-state index contributed by atoms with van der Waals surface area (Å²) in [7, 11) is 4.00. The monoisotopic (exact) mass is 290 g/mol. The van der Waals surface area contributed by atoms with Crippen molar-refractivity contribution in [3.05, 3.63) is 35.4 Å². The maximum Gasteiger partial charge on any atom is 0.306 e. The van der Waals surface area contributed by atoms with Gasteiger partial charge in [0, 0.05) is 18.2 Å². The number of amides is 1. The molecule has 1 aromatic carbocycles. The molecule has 0 heterocycles. The number of carboxylic acids is 1. The van der Waals surface area contributed by atoms with Crippen LogP contribution >= 0.6 is 0 Å². The van der Waals surface area contributed by atoms with Gasteiger partial charge in [-0.15, -0.1) is 0 Å². The summed E-state index contributed by atoms with van der Waals surface area (Å²) < 4.78 is 0. The molecule has 1 aliphatic carbocycles. The summed E-state index contributed by atoms with van der Waals surface area (Å²) in [6.45, 7) is 0.838. The summed E-state index contributed by atoms with van der Waals surface area (Å²) in [6.07, 6.45) is 1.91. The second-order valence-corrected chi connectivity index (χ2v) is 5.95. The minimum atomic E-state index is -0.764. The van der Waals surface area contributed by atoms with E-state index in [-0.39, 0.29) is 17.9 Å². The van der Waals surface area contributed by atoms with Crippen molar-refractivity contribution < 1.29 is 14.7 Å². The molecule has 1 fully saturated rings. The Hall–Kier alpha value is -1.88. The van der Waals surface area contributed by atoms with Gasteiger partial charge < -0.3 is 15.3 Å². The van der Waals surface area contributed by atoms with Crippen molar-refractivity contribution in [3.8, 4) is 0 Å². The van der Waals surface area contributed by atoms with Crippen LogP contribution in [0.1, 0.15) is 35.2 Å². The molecule has 2 atom stereocenters. The molecule has 2 N–H and O–H groups in total. The molecular formula is C16H22N2O3. The third kappa shape index (κ3) is 4.29. The van der Waals surface area contributed by atoms with Gasteiger partial charge in [-0.25, -0.2) is 0 Å². The zero-order chi connectivity index (χ0) is 15.4. The van der Waals surface area contributed by atoms with E-state index in [1.807, 2.05) is 38.4 Å². The van der Waals surface area contributed by atoms with E-state index >= 15 is 0 Å². The topological polar surface area (TPSA) is 69.6 Å². The second-order valence-electron chi connectivity index (χ2n) is 5.95. The molecule has 1 saturated carbocycles. The summed E-state index contributed by atoms with van der Waals surface area (Å²) in [4.78, 5) is 25.1. The third-order valence-electron chi connectivity index (χ3n) is 3.83.